The number of rotatable bonds is 8. The Hall–Kier alpha value is -2.75. The standard InChI is InChI=1S/C24H31N3O5S/c1-24(2,3)17-6-12-20(13-7-17)33(30,31)25-15-14-22(28)26-18-8-10-19(11-9-18)27-23(29)21-5-4-16-32-21/h6-13,21,25H,4-5,14-16H2,1-3H3,(H,26,28)(H,27,29)/t21-/m1/s1. The first-order valence-electron chi connectivity index (χ1n) is 11.0. The second-order valence-electron chi connectivity index (χ2n) is 9.04. The second kappa shape index (κ2) is 10.5. The van der Waals surface area contributed by atoms with Gasteiger partial charge in [0.25, 0.3) is 5.91 Å². The first kappa shape index (κ1) is 24.9. The van der Waals surface area contributed by atoms with Gasteiger partial charge in [-0.3, -0.25) is 9.59 Å². The molecule has 9 heteroatoms. The van der Waals surface area contributed by atoms with Crippen LogP contribution in [-0.4, -0.2) is 39.5 Å². The molecule has 3 N–H and O–H groups in total. The molecule has 1 aliphatic rings. The van der Waals surface area contributed by atoms with Gasteiger partial charge in [0.2, 0.25) is 15.9 Å². The number of ether oxygens (including phenoxy) is 1. The van der Waals surface area contributed by atoms with Gasteiger partial charge in [0.1, 0.15) is 6.10 Å². The number of carbonyl (C=O) groups is 2. The van der Waals surface area contributed by atoms with E-state index in [9.17, 15) is 18.0 Å². The van der Waals surface area contributed by atoms with Crippen LogP contribution in [0.15, 0.2) is 53.4 Å². The fraction of sp³-hybridized carbons (Fsp3) is 0.417. The molecule has 0 aromatic heterocycles. The highest BCUT2D eigenvalue weighted by Crippen LogP contribution is 2.23. The molecule has 1 heterocycles. The Labute approximate surface area is 195 Å². The minimum absolute atomic E-state index is 0.0171. The topological polar surface area (TPSA) is 114 Å². The number of nitrogens with one attached hydrogen (secondary N) is 3. The van der Waals surface area contributed by atoms with Crippen LogP contribution in [0.25, 0.3) is 0 Å². The molecule has 33 heavy (non-hydrogen) atoms. The summed E-state index contributed by atoms with van der Waals surface area (Å²) in [5, 5.41) is 5.51. The zero-order chi connectivity index (χ0) is 24.1. The summed E-state index contributed by atoms with van der Waals surface area (Å²) in [5.41, 5.74) is 2.13. The lowest BCUT2D eigenvalue weighted by molar-refractivity contribution is -0.124. The van der Waals surface area contributed by atoms with Gasteiger partial charge in [0.05, 0.1) is 4.90 Å². The van der Waals surface area contributed by atoms with Crippen LogP contribution < -0.4 is 15.4 Å². The smallest absolute Gasteiger partial charge is 0.253 e. The maximum atomic E-state index is 12.5. The van der Waals surface area contributed by atoms with Crippen LogP contribution in [0.5, 0.6) is 0 Å². The molecule has 2 aromatic carbocycles. The molecule has 2 amide bonds. The molecule has 0 spiro atoms. The lowest BCUT2D eigenvalue weighted by Gasteiger charge is -2.19. The van der Waals surface area contributed by atoms with Gasteiger partial charge >= 0.3 is 0 Å². The average Bonchev–Trinajstić information content (AvgIpc) is 3.30. The Kier molecular flexibility index (Phi) is 7.88. The zero-order valence-electron chi connectivity index (χ0n) is 19.2. The molecule has 0 bridgehead atoms. The normalized spacial score (nSPS) is 16.4. The van der Waals surface area contributed by atoms with E-state index in [0.717, 1.165) is 12.0 Å². The van der Waals surface area contributed by atoms with Crippen molar-refractivity contribution in [3.63, 3.8) is 0 Å². The van der Waals surface area contributed by atoms with E-state index in [1.807, 2.05) is 0 Å². The third kappa shape index (κ3) is 7.12. The van der Waals surface area contributed by atoms with Gasteiger partial charge in [-0.2, -0.15) is 0 Å². The van der Waals surface area contributed by atoms with E-state index in [0.29, 0.717) is 24.4 Å². The Balaban J connectivity index is 1.45. The van der Waals surface area contributed by atoms with Crippen molar-refractivity contribution in [1.82, 2.24) is 4.72 Å². The molecule has 0 aliphatic carbocycles. The first-order chi connectivity index (χ1) is 15.5. The van der Waals surface area contributed by atoms with Gasteiger partial charge in [-0.05, 0) is 60.2 Å². The first-order valence-corrected chi connectivity index (χ1v) is 12.5. The molecule has 1 fully saturated rings. The Morgan fingerprint density at radius 1 is 0.970 bits per heavy atom. The minimum atomic E-state index is -3.70. The van der Waals surface area contributed by atoms with Crippen molar-refractivity contribution in [2.75, 3.05) is 23.8 Å². The van der Waals surface area contributed by atoms with Crippen LogP contribution in [0.2, 0.25) is 0 Å². The maximum absolute atomic E-state index is 12.5. The van der Waals surface area contributed by atoms with Gasteiger partial charge < -0.3 is 15.4 Å². The Bertz CT molecular complexity index is 1070. The van der Waals surface area contributed by atoms with Gasteiger partial charge in [0, 0.05) is 30.9 Å². The van der Waals surface area contributed by atoms with Crippen molar-refractivity contribution >= 4 is 33.2 Å². The third-order valence-electron chi connectivity index (χ3n) is 5.33. The van der Waals surface area contributed by atoms with Gasteiger partial charge in [0.15, 0.2) is 0 Å². The fourth-order valence-electron chi connectivity index (χ4n) is 3.38. The number of carbonyl (C=O) groups excluding carboxylic acids is 2. The number of anilines is 2. The number of hydrogen-bond donors (Lipinski definition) is 3. The lowest BCUT2D eigenvalue weighted by atomic mass is 9.87. The van der Waals surface area contributed by atoms with E-state index in [1.165, 1.54) is 0 Å². The largest absolute Gasteiger partial charge is 0.368 e. The summed E-state index contributed by atoms with van der Waals surface area (Å²) in [5.74, 6) is -0.499. The van der Waals surface area contributed by atoms with E-state index >= 15 is 0 Å². The van der Waals surface area contributed by atoms with Crippen molar-refractivity contribution in [2.24, 2.45) is 0 Å². The van der Waals surface area contributed by atoms with Crippen LogP contribution in [0.4, 0.5) is 11.4 Å². The summed E-state index contributed by atoms with van der Waals surface area (Å²) in [6.45, 7) is 6.75. The lowest BCUT2D eigenvalue weighted by Crippen LogP contribution is -2.28. The molecule has 0 saturated carbocycles. The quantitative estimate of drug-likeness (QED) is 0.544. The molecule has 8 nitrogen and oxygen atoms in total. The van der Waals surface area contributed by atoms with E-state index < -0.39 is 16.1 Å². The number of hydrogen-bond acceptors (Lipinski definition) is 5. The summed E-state index contributed by atoms with van der Waals surface area (Å²) in [6.07, 6.45) is 1.16. The fourth-order valence-corrected chi connectivity index (χ4v) is 4.42. The van der Waals surface area contributed by atoms with Crippen LogP contribution >= 0.6 is 0 Å². The van der Waals surface area contributed by atoms with Crippen LogP contribution in [0.3, 0.4) is 0 Å². The van der Waals surface area contributed by atoms with Gasteiger partial charge in [-0.15, -0.1) is 0 Å². The van der Waals surface area contributed by atoms with E-state index in [1.54, 1.807) is 48.5 Å². The highest BCUT2D eigenvalue weighted by Gasteiger charge is 2.23. The summed E-state index contributed by atoms with van der Waals surface area (Å²) in [4.78, 5) is 24.4. The molecule has 2 aromatic rings. The van der Waals surface area contributed by atoms with Gasteiger partial charge in [-0.25, -0.2) is 13.1 Å². The summed E-state index contributed by atoms with van der Waals surface area (Å²) in [6, 6.07) is 13.5. The Morgan fingerprint density at radius 2 is 1.58 bits per heavy atom. The zero-order valence-corrected chi connectivity index (χ0v) is 20.0. The molecule has 3 rings (SSSR count). The van der Waals surface area contributed by atoms with E-state index in [-0.39, 0.29) is 35.1 Å². The predicted molar refractivity (Wildman–Crippen MR) is 128 cm³/mol. The average molecular weight is 474 g/mol. The van der Waals surface area contributed by atoms with Crippen LogP contribution in [-0.2, 0) is 29.8 Å². The molecule has 1 aliphatic heterocycles. The number of benzene rings is 2. The SMILES string of the molecule is CC(C)(C)c1ccc(S(=O)(=O)NCCC(=O)Nc2ccc(NC(=O)[C@H]3CCCO3)cc2)cc1. The van der Waals surface area contributed by atoms with Gasteiger partial charge in [-0.1, -0.05) is 32.9 Å². The number of amides is 2. The van der Waals surface area contributed by atoms with E-state index in [2.05, 4.69) is 36.1 Å². The highest BCUT2D eigenvalue weighted by atomic mass is 32.2. The molecular formula is C24H31N3O5S. The monoisotopic (exact) mass is 473 g/mol. The molecule has 1 atom stereocenters. The summed E-state index contributed by atoms with van der Waals surface area (Å²) in [7, 11) is -3.70. The molecule has 1 saturated heterocycles. The molecule has 0 unspecified atom stereocenters. The Morgan fingerprint density at radius 3 is 2.12 bits per heavy atom. The molecule has 178 valence electrons. The predicted octanol–water partition coefficient (Wildman–Crippen LogP) is 3.41. The van der Waals surface area contributed by atoms with Crippen LogP contribution in [0, 0.1) is 0 Å². The second-order valence-corrected chi connectivity index (χ2v) is 10.8. The van der Waals surface area contributed by atoms with Crippen LogP contribution in [0.1, 0.15) is 45.6 Å². The van der Waals surface area contributed by atoms with Crippen molar-refractivity contribution in [2.45, 2.75) is 56.4 Å². The molecule has 0 radical (unpaired) electrons. The molecular weight excluding hydrogens is 442 g/mol. The van der Waals surface area contributed by atoms with Crippen molar-refractivity contribution in [1.29, 1.82) is 0 Å². The summed E-state index contributed by atoms with van der Waals surface area (Å²) < 4.78 is 32.7. The minimum Gasteiger partial charge on any atom is -0.368 e. The number of sulfonamides is 1. The van der Waals surface area contributed by atoms with Crippen molar-refractivity contribution in [3.05, 3.63) is 54.1 Å². The van der Waals surface area contributed by atoms with Crippen molar-refractivity contribution < 1.29 is 22.7 Å². The van der Waals surface area contributed by atoms with E-state index in [4.69, 9.17) is 4.74 Å². The maximum Gasteiger partial charge on any atom is 0.253 e. The highest BCUT2D eigenvalue weighted by molar-refractivity contribution is 7.89. The summed E-state index contributed by atoms with van der Waals surface area (Å²) >= 11 is 0. The third-order valence-corrected chi connectivity index (χ3v) is 6.81. The van der Waals surface area contributed by atoms with Crippen molar-refractivity contribution in [3.8, 4) is 0 Å².